The van der Waals surface area contributed by atoms with Crippen LogP contribution in [0.5, 0.6) is 0 Å². The zero-order valence-corrected chi connectivity index (χ0v) is 23.3. The van der Waals surface area contributed by atoms with Crippen molar-refractivity contribution in [2.45, 2.75) is 58.3 Å². The maximum Gasteiger partial charge on any atom is 0.175 e. The summed E-state index contributed by atoms with van der Waals surface area (Å²) in [6, 6.07) is 20.9. The van der Waals surface area contributed by atoms with E-state index >= 15 is 0 Å². The molecule has 0 bridgehead atoms. The second kappa shape index (κ2) is 10.7. The SMILES string of the molecule is CC(C)(C)c1cc(Nc2nc3cc4ccccc4cc3nc2NCCC2=CCCCC2)n(-c2cccc(F)c2)n1. The Morgan fingerprint density at radius 1 is 0.875 bits per heavy atom. The summed E-state index contributed by atoms with van der Waals surface area (Å²) in [6.07, 6.45) is 8.25. The zero-order chi connectivity index (χ0) is 27.7. The van der Waals surface area contributed by atoms with E-state index in [0.29, 0.717) is 23.1 Å². The summed E-state index contributed by atoms with van der Waals surface area (Å²) < 4.78 is 16.0. The average Bonchev–Trinajstić information content (AvgIpc) is 3.37. The third kappa shape index (κ3) is 5.55. The van der Waals surface area contributed by atoms with Gasteiger partial charge in [-0.2, -0.15) is 5.10 Å². The number of anilines is 3. The molecule has 0 fully saturated rings. The fourth-order valence-electron chi connectivity index (χ4n) is 5.19. The Balaban J connectivity index is 1.42. The van der Waals surface area contributed by atoms with Crippen molar-refractivity contribution in [3.05, 3.63) is 89.9 Å². The third-order valence-corrected chi connectivity index (χ3v) is 7.43. The molecule has 0 amide bonds. The predicted molar refractivity (Wildman–Crippen MR) is 162 cm³/mol. The van der Waals surface area contributed by atoms with Crippen LogP contribution in [0, 0.1) is 5.82 Å². The molecule has 2 N–H and O–H groups in total. The van der Waals surface area contributed by atoms with Gasteiger partial charge in [-0.3, -0.25) is 0 Å². The first-order valence-corrected chi connectivity index (χ1v) is 14.1. The molecule has 0 saturated heterocycles. The number of hydrogen-bond donors (Lipinski definition) is 2. The molecule has 6 rings (SSSR count). The zero-order valence-electron chi connectivity index (χ0n) is 23.3. The van der Waals surface area contributed by atoms with Crippen molar-refractivity contribution in [2.24, 2.45) is 0 Å². The van der Waals surface area contributed by atoms with E-state index in [-0.39, 0.29) is 11.2 Å². The quantitative estimate of drug-likeness (QED) is 0.162. The second-order valence-corrected chi connectivity index (χ2v) is 11.6. The Morgan fingerprint density at radius 3 is 2.30 bits per heavy atom. The van der Waals surface area contributed by atoms with Crippen molar-refractivity contribution < 1.29 is 4.39 Å². The number of halogens is 1. The molecular weight excluding hydrogens is 499 g/mol. The highest BCUT2D eigenvalue weighted by atomic mass is 19.1. The summed E-state index contributed by atoms with van der Waals surface area (Å²) in [5.74, 6) is 1.68. The first-order chi connectivity index (χ1) is 19.3. The van der Waals surface area contributed by atoms with Crippen molar-refractivity contribution in [1.82, 2.24) is 19.7 Å². The number of allylic oxidation sites excluding steroid dienone is 1. The summed E-state index contributed by atoms with van der Waals surface area (Å²) in [4.78, 5) is 10.1. The maximum atomic E-state index is 14.2. The maximum absolute atomic E-state index is 14.2. The summed E-state index contributed by atoms with van der Waals surface area (Å²) in [5.41, 5.74) is 4.46. The first-order valence-electron chi connectivity index (χ1n) is 14.1. The van der Waals surface area contributed by atoms with E-state index in [2.05, 4.69) is 61.7 Å². The van der Waals surface area contributed by atoms with E-state index in [9.17, 15) is 4.39 Å². The van der Waals surface area contributed by atoms with E-state index < -0.39 is 0 Å². The second-order valence-electron chi connectivity index (χ2n) is 11.6. The molecule has 2 heterocycles. The van der Waals surface area contributed by atoms with E-state index in [1.54, 1.807) is 10.7 Å². The summed E-state index contributed by atoms with van der Waals surface area (Å²) in [5, 5.41) is 14.2. The minimum atomic E-state index is -0.312. The number of nitrogens with one attached hydrogen (secondary N) is 2. The molecule has 7 heteroatoms. The monoisotopic (exact) mass is 534 g/mol. The number of aromatic nitrogens is 4. The first kappa shape index (κ1) is 26.0. The van der Waals surface area contributed by atoms with Crippen molar-refractivity contribution in [3.63, 3.8) is 0 Å². The van der Waals surface area contributed by atoms with Crippen LogP contribution in [0.15, 0.2) is 78.4 Å². The Kier molecular flexibility index (Phi) is 6.96. The Bertz CT molecular complexity index is 1710. The van der Waals surface area contributed by atoms with Crippen LogP contribution in [0.3, 0.4) is 0 Å². The smallest absolute Gasteiger partial charge is 0.175 e. The minimum Gasteiger partial charge on any atom is -0.367 e. The number of rotatable bonds is 7. The van der Waals surface area contributed by atoms with Gasteiger partial charge in [0.1, 0.15) is 11.6 Å². The highest BCUT2D eigenvalue weighted by Gasteiger charge is 2.22. The van der Waals surface area contributed by atoms with E-state index in [1.807, 2.05) is 24.3 Å². The van der Waals surface area contributed by atoms with Gasteiger partial charge in [-0.05, 0) is 73.2 Å². The largest absolute Gasteiger partial charge is 0.367 e. The lowest BCUT2D eigenvalue weighted by molar-refractivity contribution is 0.560. The standard InChI is InChI=1S/C33H35FN6/c1-33(2,3)29-21-30(40(39-29)26-15-9-14-25(34)20-26)38-32-31(35-17-16-22-10-5-4-6-11-22)36-27-18-23-12-7-8-13-24(23)19-28(27)37-32/h7-10,12-15,18-21H,4-6,11,16-17H2,1-3H3,(H,35,36)(H,37,38). The number of benzene rings is 3. The molecule has 2 aromatic heterocycles. The van der Waals surface area contributed by atoms with Gasteiger partial charge in [-0.1, -0.05) is 62.8 Å². The summed E-state index contributed by atoms with van der Waals surface area (Å²) >= 11 is 0. The van der Waals surface area contributed by atoms with Crippen LogP contribution < -0.4 is 10.6 Å². The van der Waals surface area contributed by atoms with Crippen LogP contribution in [-0.4, -0.2) is 26.3 Å². The van der Waals surface area contributed by atoms with Crippen molar-refractivity contribution >= 4 is 39.3 Å². The molecule has 5 aromatic rings. The molecule has 6 nitrogen and oxygen atoms in total. The van der Waals surface area contributed by atoms with Crippen molar-refractivity contribution in [2.75, 3.05) is 17.2 Å². The molecule has 0 spiro atoms. The topological polar surface area (TPSA) is 67.7 Å². The van der Waals surface area contributed by atoms with E-state index in [4.69, 9.17) is 15.1 Å². The average molecular weight is 535 g/mol. The lowest BCUT2D eigenvalue weighted by atomic mass is 9.92. The van der Waals surface area contributed by atoms with Gasteiger partial charge in [-0.25, -0.2) is 19.0 Å². The molecule has 1 aliphatic carbocycles. The van der Waals surface area contributed by atoms with Crippen molar-refractivity contribution in [1.29, 1.82) is 0 Å². The fourth-order valence-corrected chi connectivity index (χ4v) is 5.19. The highest BCUT2D eigenvalue weighted by molar-refractivity contribution is 5.96. The van der Waals surface area contributed by atoms with Gasteiger partial charge in [0.05, 0.1) is 22.4 Å². The molecule has 0 atom stereocenters. The van der Waals surface area contributed by atoms with Gasteiger partial charge < -0.3 is 10.6 Å². The highest BCUT2D eigenvalue weighted by Crippen LogP contribution is 2.32. The third-order valence-electron chi connectivity index (χ3n) is 7.43. The Hall–Kier alpha value is -4.26. The summed E-state index contributed by atoms with van der Waals surface area (Å²) in [7, 11) is 0. The van der Waals surface area contributed by atoms with E-state index in [1.165, 1.54) is 43.4 Å². The predicted octanol–water partition coefficient (Wildman–Crippen LogP) is 8.45. The normalized spacial score (nSPS) is 13.9. The van der Waals surface area contributed by atoms with Gasteiger partial charge in [0.25, 0.3) is 0 Å². The van der Waals surface area contributed by atoms with Crippen LogP contribution in [0.4, 0.5) is 21.8 Å². The Labute approximate surface area is 234 Å². The molecular formula is C33H35FN6. The van der Waals surface area contributed by atoms with Crippen molar-refractivity contribution in [3.8, 4) is 5.69 Å². The number of nitrogens with zero attached hydrogens (tertiary/aromatic N) is 4. The molecule has 1 aliphatic rings. The molecule has 0 unspecified atom stereocenters. The number of hydrogen-bond acceptors (Lipinski definition) is 5. The van der Waals surface area contributed by atoms with Crippen LogP contribution >= 0.6 is 0 Å². The van der Waals surface area contributed by atoms with Crippen LogP contribution in [-0.2, 0) is 5.41 Å². The fraction of sp³-hybridized carbons (Fsp3) is 0.303. The lowest BCUT2D eigenvalue weighted by Crippen LogP contribution is -2.12. The Morgan fingerprint density at radius 2 is 1.62 bits per heavy atom. The lowest BCUT2D eigenvalue weighted by Gasteiger charge is -2.16. The van der Waals surface area contributed by atoms with Gasteiger partial charge >= 0.3 is 0 Å². The van der Waals surface area contributed by atoms with Crippen LogP contribution in [0.1, 0.15) is 58.6 Å². The van der Waals surface area contributed by atoms with E-state index in [0.717, 1.165) is 40.5 Å². The molecule has 0 radical (unpaired) electrons. The number of fused-ring (bicyclic) bond motifs is 2. The van der Waals surface area contributed by atoms with Gasteiger partial charge in [-0.15, -0.1) is 0 Å². The van der Waals surface area contributed by atoms with Gasteiger partial charge in [0, 0.05) is 18.0 Å². The summed E-state index contributed by atoms with van der Waals surface area (Å²) in [6.45, 7) is 7.11. The van der Waals surface area contributed by atoms with Crippen LogP contribution in [0.25, 0.3) is 27.5 Å². The minimum absolute atomic E-state index is 0.197. The molecule has 204 valence electrons. The molecule has 0 saturated carbocycles. The molecule has 3 aromatic carbocycles. The van der Waals surface area contributed by atoms with Crippen LogP contribution in [0.2, 0.25) is 0 Å². The van der Waals surface area contributed by atoms with Gasteiger partial charge in [0.2, 0.25) is 0 Å². The van der Waals surface area contributed by atoms with Gasteiger partial charge in [0.15, 0.2) is 11.6 Å². The molecule has 40 heavy (non-hydrogen) atoms. The molecule has 0 aliphatic heterocycles.